The molecule has 1 amide bonds. The first kappa shape index (κ1) is 12.4. The molecule has 1 aromatic heterocycles. The number of amides is 1. The molecule has 18 heavy (non-hydrogen) atoms. The van der Waals surface area contributed by atoms with Gasteiger partial charge in [0.05, 0.1) is 4.92 Å². The second-order valence-corrected chi connectivity index (χ2v) is 4.36. The van der Waals surface area contributed by atoms with Crippen LogP contribution in [0.5, 0.6) is 0 Å². The highest BCUT2D eigenvalue weighted by Gasteiger charge is 2.34. The van der Waals surface area contributed by atoms with E-state index in [2.05, 4.69) is 4.98 Å². The molecule has 2 N–H and O–H groups in total. The number of rotatable bonds is 3. The van der Waals surface area contributed by atoms with Crippen LogP contribution in [0.2, 0.25) is 0 Å². The predicted molar refractivity (Wildman–Crippen MR) is 65.1 cm³/mol. The molecule has 0 saturated carbocycles. The maximum absolute atomic E-state index is 11.8. The lowest BCUT2D eigenvalue weighted by atomic mass is 10.1. The maximum Gasteiger partial charge on any atom is 0.312 e. The van der Waals surface area contributed by atoms with Gasteiger partial charge in [0.25, 0.3) is 0 Å². The van der Waals surface area contributed by atoms with E-state index >= 15 is 0 Å². The van der Waals surface area contributed by atoms with E-state index in [1.165, 1.54) is 11.0 Å². The van der Waals surface area contributed by atoms with Crippen molar-refractivity contribution < 1.29 is 9.72 Å². The van der Waals surface area contributed by atoms with Crippen LogP contribution in [0.15, 0.2) is 12.1 Å². The van der Waals surface area contributed by atoms with Crippen LogP contribution in [0.4, 0.5) is 11.5 Å². The summed E-state index contributed by atoms with van der Waals surface area (Å²) in [6.45, 7) is 2.52. The molecular weight excluding hydrogens is 236 g/mol. The predicted octanol–water partition coefficient (Wildman–Crippen LogP) is 0.610. The van der Waals surface area contributed by atoms with Gasteiger partial charge < -0.3 is 5.73 Å². The Bertz CT molecular complexity index is 503. The Morgan fingerprint density at radius 1 is 1.61 bits per heavy atom. The standard InChI is InChI=1S/C11H14N4O3/c1-7-2-3-9(15(17)18)11(13-7)14-6-8(5-12)4-10(14)16/h2-3,8H,4-6,12H2,1H3. The van der Waals surface area contributed by atoms with E-state index in [9.17, 15) is 14.9 Å². The Hall–Kier alpha value is -2.02. The molecule has 1 aromatic rings. The third-order valence-corrected chi connectivity index (χ3v) is 2.98. The first-order valence-corrected chi connectivity index (χ1v) is 5.65. The van der Waals surface area contributed by atoms with Gasteiger partial charge in [-0.25, -0.2) is 4.98 Å². The minimum absolute atomic E-state index is 0.0411. The van der Waals surface area contributed by atoms with Gasteiger partial charge in [0.15, 0.2) is 0 Å². The average molecular weight is 250 g/mol. The van der Waals surface area contributed by atoms with Crippen LogP contribution in [0.3, 0.4) is 0 Å². The summed E-state index contributed by atoms with van der Waals surface area (Å²) in [5.41, 5.74) is 6.02. The Morgan fingerprint density at radius 3 is 2.89 bits per heavy atom. The lowest BCUT2D eigenvalue weighted by molar-refractivity contribution is -0.384. The van der Waals surface area contributed by atoms with E-state index in [1.807, 2.05) is 0 Å². The lowest BCUT2D eigenvalue weighted by Crippen LogP contribution is -2.27. The average Bonchev–Trinajstić information content (AvgIpc) is 2.70. The summed E-state index contributed by atoms with van der Waals surface area (Å²) >= 11 is 0. The molecule has 1 saturated heterocycles. The van der Waals surface area contributed by atoms with Crippen LogP contribution in [0.1, 0.15) is 12.1 Å². The van der Waals surface area contributed by atoms with Crippen molar-refractivity contribution in [2.45, 2.75) is 13.3 Å². The third-order valence-electron chi connectivity index (χ3n) is 2.98. The Kier molecular flexibility index (Phi) is 3.24. The van der Waals surface area contributed by atoms with E-state index in [-0.39, 0.29) is 23.3 Å². The Balaban J connectivity index is 2.41. The highest BCUT2D eigenvalue weighted by atomic mass is 16.6. The number of carbonyl (C=O) groups is 1. The number of pyridine rings is 1. The van der Waals surface area contributed by atoms with E-state index in [0.29, 0.717) is 25.2 Å². The SMILES string of the molecule is Cc1ccc([N+](=O)[O-])c(N2CC(CN)CC2=O)n1. The van der Waals surface area contributed by atoms with Gasteiger partial charge >= 0.3 is 5.69 Å². The minimum atomic E-state index is -0.523. The summed E-state index contributed by atoms with van der Waals surface area (Å²) in [7, 11) is 0. The summed E-state index contributed by atoms with van der Waals surface area (Å²) < 4.78 is 0. The van der Waals surface area contributed by atoms with Gasteiger partial charge in [-0.05, 0) is 25.5 Å². The van der Waals surface area contributed by atoms with Crippen molar-refractivity contribution in [3.05, 3.63) is 27.9 Å². The molecule has 1 aliphatic heterocycles. The molecule has 1 atom stereocenters. The molecule has 1 aliphatic rings. The highest BCUT2D eigenvalue weighted by Crippen LogP contribution is 2.30. The number of anilines is 1. The number of nitrogens with two attached hydrogens (primary N) is 1. The number of aromatic nitrogens is 1. The summed E-state index contributed by atoms with van der Waals surface area (Å²) in [5.74, 6) is 0.00650. The molecule has 0 bridgehead atoms. The molecular formula is C11H14N4O3. The number of aryl methyl sites for hydroxylation is 1. The van der Waals surface area contributed by atoms with Gasteiger partial charge in [0.1, 0.15) is 0 Å². The van der Waals surface area contributed by atoms with Crippen LogP contribution in [-0.4, -0.2) is 28.9 Å². The van der Waals surface area contributed by atoms with Crippen molar-refractivity contribution in [1.29, 1.82) is 0 Å². The quantitative estimate of drug-likeness (QED) is 0.625. The molecule has 1 unspecified atom stereocenters. The lowest BCUT2D eigenvalue weighted by Gasteiger charge is -2.15. The summed E-state index contributed by atoms with van der Waals surface area (Å²) in [6.07, 6.45) is 0.323. The number of nitro groups is 1. The van der Waals surface area contributed by atoms with Crippen molar-refractivity contribution in [2.24, 2.45) is 11.7 Å². The zero-order valence-corrected chi connectivity index (χ0v) is 10.00. The zero-order chi connectivity index (χ0) is 13.3. The number of nitrogens with zero attached hydrogens (tertiary/aromatic N) is 3. The van der Waals surface area contributed by atoms with E-state index in [1.54, 1.807) is 13.0 Å². The largest absolute Gasteiger partial charge is 0.330 e. The number of hydrogen-bond acceptors (Lipinski definition) is 5. The fourth-order valence-corrected chi connectivity index (χ4v) is 2.02. The van der Waals surface area contributed by atoms with Gasteiger partial charge in [0, 0.05) is 24.7 Å². The van der Waals surface area contributed by atoms with E-state index in [0.717, 1.165) is 0 Å². The molecule has 0 aromatic carbocycles. The number of hydrogen-bond donors (Lipinski definition) is 1. The summed E-state index contributed by atoms with van der Waals surface area (Å²) in [5, 5.41) is 11.0. The molecule has 0 spiro atoms. The van der Waals surface area contributed by atoms with Crippen LogP contribution in [0, 0.1) is 23.0 Å². The molecule has 7 heteroatoms. The van der Waals surface area contributed by atoms with Crippen LogP contribution in [0.25, 0.3) is 0 Å². The Labute approximate surface area is 104 Å². The van der Waals surface area contributed by atoms with Crippen LogP contribution in [-0.2, 0) is 4.79 Å². The second-order valence-electron chi connectivity index (χ2n) is 4.36. The number of carbonyl (C=O) groups excluding carboxylic acids is 1. The first-order chi connectivity index (χ1) is 8.52. The molecule has 2 rings (SSSR count). The smallest absolute Gasteiger partial charge is 0.312 e. The van der Waals surface area contributed by atoms with Gasteiger partial charge in [0.2, 0.25) is 11.7 Å². The summed E-state index contributed by atoms with van der Waals surface area (Å²) in [4.78, 5) is 27.7. The highest BCUT2D eigenvalue weighted by molar-refractivity contribution is 5.96. The third kappa shape index (κ3) is 2.17. The minimum Gasteiger partial charge on any atom is -0.330 e. The fraction of sp³-hybridized carbons (Fsp3) is 0.455. The van der Waals surface area contributed by atoms with Gasteiger partial charge in [-0.3, -0.25) is 19.8 Å². The topological polar surface area (TPSA) is 102 Å². The van der Waals surface area contributed by atoms with Gasteiger partial charge in [-0.1, -0.05) is 0 Å². The Morgan fingerprint density at radius 2 is 2.33 bits per heavy atom. The van der Waals surface area contributed by atoms with E-state index < -0.39 is 4.92 Å². The van der Waals surface area contributed by atoms with Crippen molar-refractivity contribution >= 4 is 17.4 Å². The van der Waals surface area contributed by atoms with Crippen molar-refractivity contribution in [1.82, 2.24) is 4.98 Å². The molecule has 1 fully saturated rings. The van der Waals surface area contributed by atoms with E-state index in [4.69, 9.17) is 5.73 Å². The van der Waals surface area contributed by atoms with Crippen molar-refractivity contribution in [2.75, 3.05) is 18.0 Å². The monoisotopic (exact) mass is 250 g/mol. The van der Waals surface area contributed by atoms with Gasteiger partial charge in [-0.2, -0.15) is 0 Å². The molecule has 2 heterocycles. The first-order valence-electron chi connectivity index (χ1n) is 5.65. The van der Waals surface area contributed by atoms with Crippen molar-refractivity contribution in [3.63, 3.8) is 0 Å². The van der Waals surface area contributed by atoms with Crippen molar-refractivity contribution in [3.8, 4) is 0 Å². The normalized spacial score (nSPS) is 19.3. The van der Waals surface area contributed by atoms with Gasteiger partial charge in [-0.15, -0.1) is 0 Å². The van der Waals surface area contributed by atoms with Crippen LogP contribution >= 0.6 is 0 Å². The molecule has 0 radical (unpaired) electrons. The fourth-order valence-electron chi connectivity index (χ4n) is 2.02. The second kappa shape index (κ2) is 4.69. The molecule has 0 aliphatic carbocycles. The zero-order valence-electron chi connectivity index (χ0n) is 10.00. The molecule has 7 nitrogen and oxygen atoms in total. The molecule has 96 valence electrons. The summed E-state index contributed by atoms with van der Waals surface area (Å²) in [6, 6.07) is 2.93. The maximum atomic E-state index is 11.8. The van der Waals surface area contributed by atoms with Crippen LogP contribution < -0.4 is 10.6 Å².